The third-order valence-corrected chi connectivity index (χ3v) is 4.21. The summed E-state index contributed by atoms with van der Waals surface area (Å²) < 4.78 is 0. The Balaban J connectivity index is 1.86. The molecule has 1 aromatic carbocycles. The van der Waals surface area contributed by atoms with E-state index in [1.54, 1.807) is 24.1 Å². The van der Waals surface area contributed by atoms with E-state index in [2.05, 4.69) is 29.4 Å². The third kappa shape index (κ3) is 5.99. The number of aromatic nitrogens is 1. The van der Waals surface area contributed by atoms with Crippen molar-refractivity contribution in [2.75, 3.05) is 20.1 Å². The number of hydrogen-bond acceptors (Lipinski definition) is 3. The van der Waals surface area contributed by atoms with Crippen LogP contribution in [-0.2, 0) is 6.42 Å². The summed E-state index contributed by atoms with van der Waals surface area (Å²) in [5, 5.41) is 2.91. The van der Waals surface area contributed by atoms with Crippen LogP contribution in [0.5, 0.6) is 0 Å². The van der Waals surface area contributed by atoms with Crippen LogP contribution in [-0.4, -0.2) is 41.8 Å². The van der Waals surface area contributed by atoms with Gasteiger partial charge in [-0.3, -0.25) is 14.6 Å². The van der Waals surface area contributed by atoms with E-state index in [0.717, 1.165) is 25.7 Å². The minimum Gasteiger partial charge on any atom is -0.352 e. The van der Waals surface area contributed by atoms with E-state index in [-0.39, 0.29) is 11.8 Å². The molecular formula is C21H27N3O2. The van der Waals surface area contributed by atoms with Gasteiger partial charge in [-0.15, -0.1) is 0 Å². The minimum absolute atomic E-state index is 0.155. The number of amides is 2. The molecule has 0 atom stereocenters. The number of unbranched alkanes of at least 4 members (excludes halogenated alkanes) is 1. The van der Waals surface area contributed by atoms with Crippen LogP contribution >= 0.6 is 0 Å². The fraction of sp³-hybridized carbons (Fsp3) is 0.381. The van der Waals surface area contributed by atoms with Gasteiger partial charge in [0.2, 0.25) is 0 Å². The van der Waals surface area contributed by atoms with Crippen LogP contribution in [0.15, 0.2) is 48.7 Å². The van der Waals surface area contributed by atoms with E-state index in [0.29, 0.717) is 24.3 Å². The zero-order valence-corrected chi connectivity index (χ0v) is 15.6. The summed E-state index contributed by atoms with van der Waals surface area (Å²) in [6.45, 7) is 3.36. The van der Waals surface area contributed by atoms with Gasteiger partial charge in [0.05, 0.1) is 0 Å². The van der Waals surface area contributed by atoms with Gasteiger partial charge in [0.25, 0.3) is 11.8 Å². The number of rotatable bonds is 9. The molecule has 0 aliphatic heterocycles. The van der Waals surface area contributed by atoms with Gasteiger partial charge in [0, 0.05) is 31.9 Å². The lowest BCUT2D eigenvalue weighted by Gasteiger charge is -2.16. The summed E-state index contributed by atoms with van der Waals surface area (Å²) in [5.41, 5.74) is 2.03. The van der Waals surface area contributed by atoms with Gasteiger partial charge < -0.3 is 10.2 Å². The van der Waals surface area contributed by atoms with Crippen molar-refractivity contribution in [2.45, 2.75) is 32.6 Å². The fourth-order valence-corrected chi connectivity index (χ4v) is 2.62. The molecule has 1 N–H and O–H groups in total. The highest BCUT2D eigenvalue weighted by atomic mass is 16.2. The van der Waals surface area contributed by atoms with Crippen LogP contribution in [0.1, 0.15) is 52.6 Å². The molecule has 26 heavy (non-hydrogen) atoms. The van der Waals surface area contributed by atoms with Gasteiger partial charge in [-0.25, -0.2) is 0 Å². The molecule has 1 aromatic heterocycles. The summed E-state index contributed by atoms with van der Waals surface area (Å²) in [7, 11) is 1.76. The molecule has 0 aliphatic rings. The van der Waals surface area contributed by atoms with Gasteiger partial charge in [0.1, 0.15) is 5.69 Å². The first-order valence-corrected chi connectivity index (χ1v) is 9.15. The van der Waals surface area contributed by atoms with Crippen molar-refractivity contribution in [1.82, 2.24) is 15.2 Å². The molecule has 0 saturated carbocycles. The quantitative estimate of drug-likeness (QED) is 0.704. The molecule has 0 radical (unpaired) electrons. The second kappa shape index (κ2) is 10.3. The maximum atomic E-state index is 12.4. The molecule has 0 bridgehead atoms. The highest BCUT2D eigenvalue weighted by molar-refractivity contribution is 5.98. The standard InChI is InChI=1S/C21H27N3O2/c1-3-4-15-24(2)21(26)19-16-18(12-14-22-19)20(25)23-13-8-11-17-9-6-5-7-10-17/h5-7,9-10,12,14,16H,3-4,8,11,13,15H2,1-2H3,(H,23,25). The Morgan fingerprint density at radius 3 is 2.62 bits per heavy atom. The monoisotopic (exact) mass is 353 g/mol. The van der Waals surface area contributed by atoms with E-state index in [4.69, 9.17) is 0 Å². The normalized spacial score (nSPS) is 10.4. The molecule has 0 unspecified atom stereocenters. The molecule has 2 amide bonds. The number of nitrogens with one attached hydrogen (secondary N) is 1. The maximum absolute atomic E-state index is 12.4. The molecule has 0 aliphatic carbocycles. The van der Waals surface area contributed by atoms with Crippen molar-refractivity contribution in [3.05, 3.63) is 65.5 Å². The van der Waals surface area contributed by atoms with Gasteiger partial charge >= 0.3 is 0 Å². The Labute approximate surface area is 155 Å². The zero-order chi connectivity index (χ0) is 18.8. The van der Waals surface area contributed by atoms with Crippen molar-refractivity contribution in [3.63, 3.8) is 0 Å². The molecule has 2 aromatic rings. The highest BCUT2D eigenvalue weighted by Gasteiger charge is 2.15. The lowest BCUT2D eigenvalue weighted by atomic mass is 10.1. The van der Waals surface area contributed by atoms with Gasteiger partial charge in [-0.2, -0.15) is 0 Å². The Kier molecular flexibility index (Phi) is 7.80. The average molecular weight is 353 g/mol. The van der Waals surface area contributed by atoms with Crippen molar-refractivity contribution in [2.24, 2.45) is 0 Å². The van der Waals surface area contributed by atoms with Crippen LogP contribution in [0.3, 0.4) is 0 Å². The summed E-state index contributed by atoms with van der Waals surface area (Å²) in [6, 6.07) is 13.4. The molecular weight excluding hydrogens is 326 g/mol. The van der Waals surface area contributed by atoms with E-state index in [9.17, 15) is 9.59 Å². The van der Waals surface area contributed by atoms with Crippen LogP contribution < -0.4 is 5.32 Å². The van der Waals surface area contributed by atoms with Crippen LogP contribution in [0.2, 0.25) is 0 Å². The lowest BCUT2D eigenvalue weighted by Crippen LogP contribution is -2.29. The van der Waals surface area contributed by atoms with Crippen LogP contribution in [0, 0.1) is 0 Å². The first-order valence-electron chi connectivity index (χ1n) is 9.15. The van der Waals surface area contributed by atoms with Gasteiger partial charge in [-0.05, 0) is 37.0 Å². The number of aryl methyl sites for hydroxylation is 1. The number of hydrogen-bond donors (Lipinski definition) is 1. The molecule has 5 nitrogen and oxygen atoms in total. The van der Waals surface area contributed by atoms with Gasteiger partial charge in [-0.1, -0.05) is 43.7 Å². The van der Waals surface area contributed by atoms with Crippen molar-refractivity contribution in [3.8, 4) is 0 Å². The summed E-state index contributed by atoms with van der Waals surface area (Å²) in [5.74, 6) is -0.331. The molecule has 2 rings (SSSR count). The Morgan fingerprint density at radius 2 is 1.88 bits per heavy atom. The Bertz CT molecular complexity index is 716. The topological polar surface area (TPSA) is 62.3 Å². The maximum Gasteiger partial charge on any atom is 0.272 e. The SMILES string of the molecule is CCCCN(C)C(=O)c1cc(C(=O)NCCCc2ccccc2)ccn1. The van der Waals surface area contributed by atoms with E-state index >= 15 is 0 Å². The van der Waals surface area contributed by atoms with E-state index in [1.807, 2.05) is 18.2 Å². The second-order valence-corrected chi connectivity index (χ2v) is 6.36. The Morgan fingerprint density at radius 1 is 1.12 bits per heavy atom. The predicted octanol–water partition coefficient (Wildman–Crippen LogP) is 3.32. The van der Waals surface area contributed by atoms with Crippen LogP contribution in [0.25, 0.3) is 0 Å². The summed E-state index contributed by atoms with van der Waals surface area (Å²) in [6.07, 6.45) is 5.27. The highest BCUT2D eigenvalue weighted by Crippen LogP contribution is 2.06. The molecule has 1 heterocycles. The number of carbonyl (C=O) groups is 2. The average Bonchev–Trinajstić information content (AvgIpc) is 2.69. The van der Waals surface area contributed by atoms with E-state index < -0.39 is 0 Å². The molecule has 0 spiro atoms. The van der Waals surface area contributed by atoms with E-state index in [1.165, 1.54) is 11.8 Å². The largest absolute Gasteiger partial charge is 0.352 e. The number of nitrogens with zero attached hydrogens (tertiary/aromatic N) is 2. The summed E-state index contributed by atoms with van der Waals surface area (Å²) >= 11 is 0. The predicted molar refractivity (Wildman–Crippen MR) is 103 cm³/mol. The molecule has 138 valence electrons. The second-order valence-electron chi connectivity index (χ2n) is 6.36. The number of benzene rings is 1. The van der Waals surface area contributed by atoms with Crippen LogP contribution in [0.4, 0.5) is 0 Å². The van der Waals surface area contributed by atoms with Gasteiger partial charge in [0.15, 0.2) is 0 Å². The zero-order valence-electron chi connectivity index (χ0n) is 15.6. The first kappa shape index (κ1) is 19.6. The Hall–Kier alpha value is -2.69. The number of pyridine rings is 1. The van der Waals surface area contributed by atoms with Crippen molar-refractivity contribution < 1.29 is 9.59 Å². The first-order chi connectivity index (χ1) is 12.6. The lowest BCUT2D eigenvalue weighted by molar-refractivity contribution is 0.0787. The fourth-order valence-electron chi connectivity index (χ4n) is 2.62. The van der Waals surface area contributed by atoms with Crippen molar-refractivity contribution >= 4 is 11.8 Å². The number of carbonyl (C=O) groups excluding carboxylic acids is 2. The molecule has 0 fully saturated rings. The molecule has 5 heteroatoms. The minimum atomic E-state index is -0.175. The van der Waals surface area contributed by atoms with Crippen molar-refractivity contribution in [1.29, 1.82) is 0 Å². The third-order valence-electron chi connectivity index (χ3n) is 4.21. The molecule has 0 saturated heterocycles. The smallest absolute Gasteiger partial charge is 0.272 e. The summed E-state index contributed by atoms with van der Waals surface area (Å²) in [4.78, 5) is 30.4.